The number of morpholine rings is 1. The SMILES string of the molecule is O=C1COC2(CCN(C(=O)CCCc3ccc(Cl)cc3)C2)CN1. The first kappa shape index (κ1) is 16.3. The number of rotatable bonds is 4. The minimum absolute atomic E-state index is 0.0802. The lowest BCUT2D eigenvalue weighted by Crippen LogP contribution is -2.54. The van der Waals surface area contributed by atoms with E-state index in [0.717, 1.165) is 24.3 Å². The van der Waals surface area contributed by atoms with Crippen molar-refractivity contribution in [2.75, 3.05) is 26.2 Å². The van der Waals surface area contributed by atoms with Crippen LogP contribution < -0.4 is 5.32 Å². The van der Waals surface area contributed by atoms with E-state index in [4.69, 9.17) is 16.3 Å². The molecule has 1 atom stereocenters. The number of benzene rings is 1. The number of hydrogen-bond acceptors (Lipinski definition) is 3. The number of carbonyl (C=O) groups excluding carboxylic acids is 2. The number of amides is 2. The summed E-state index contributed by atoms with van der Waals surface area (Å²) in [6.45, 7) is 1.88. The molecule has 2 heterocycles. The van der Waals surface area contributed by atoms with Crippen LogP contribution in [0.2, 0.25) is 5.02 Å². The smallest absolute Gasteiger partial charge is 0.246 e. The highest BCUT2D eigenvalue weighted by Crippen LogP contribution is 2.27. The molecule has 6 heteroatoms. The Morgan fingerprint density at radius 2 is 2.13 bits per heavy atom. The Kier molecular flexibility index (Phi) is 4.87. The molecule has 0 aliphatic carbocycles. The monoisotopic (exact) mass is 336 g/mol. The standard InChI is InChI=1S/C17H21ClN2O3/c18-14-6-4-13(5-7-14)2-1-3-16(22)20-9-8-17(12-20)11-19-15(21)10-23-17/h4-7H,1-3,8-12H2,(H,19,21). The van der Waals surface area contributed by atoms with E-state index < -0.39 is 0 Å². The van der Waals surface area contributed by atoms with Gasteiger partial charge in [0.1, 0.15) is 12.2 Å². The quantitative estimate of drug-likeness (QED) is 0.911. The molecular weight excluding hydrogens is 316 g/mol. The highest BCUT2D eigenvalue weighted by molar-refractivity contribution is 6.30. The fourth-order valence-corrected chi connectivity index (χ4v) is 3.28. The second-order valence-corrected chi connectivity index (χ2v) is 6.73. The van der Waals surface area contributed by atoms with Crippen LogP contribution in [0.3, 0.4) is 0 Å². The molecule has 2 fully saturated rings. The third kappa shape index (κ3) is 4.03. The molecule has 5 nitrogen and oxygen atoms in total. The molecule has 1 aromatic carbocycles. The van der Waals surface area contributed by atoms with Gasteiger partial charge in [-0.05, 0) is 37.0 Å². The molecule has 23 heavy (non-hydrogen) atoms. The van der Waals surface area contributed by atoms with Crippen molar-refractivity contribution in [3.63, 3.8) is 0 Å². The minimum Gasteiger partial charge on any atom is -0.361 e. The zero-order chi connectivity index (χ0) is 16.3. The second-order valence-electron chi connectivity index (χ2n) is 6.29. The maximum absolute atomic E-state index is 12.3. The molecule has 0 aromatic heterocycles. The lowest BCUT2D eigenvalue weighted by atomic mass is 10.0. The number of aryl methyl sites for hydroxylation is 1. The fourth-order valence-electron chi connectivity index (χ4n) is 3.15. The van der Waals surface area contributed by atoms with E-state index in [1.165, 1.54) is 5.56 Å². The van der Waals surface area contributed by atoms with Crippen LogP contribution in [0.25, 0.3) is 0 Å². The largest absolute Gasteiger partial charge is 0.361 e. The summed E-state index contributed by atoms with van der Waals surface area (Å²) >= 11 is 5.86. The molecule has 2 saturated heterocycles. The fraction of sp³-hybridized carbons (Fsp3) is 0.529. The molecule has 0 saturated carbocycles. The van der Waals surface area contributed by atoms with Gasteiger partial charge < -0.3 is 15.0 Å². The van der Waals surface area contributed by atoms with Crippen LogP contribution in [-0.4, -0.2) is 48.6 Å². The highest BCUT2D eigenvalue weighted by atomic mass is 35.5. The minimum atomic E-state index is -0.375. The number of ether oxygens (including phenoxy) is 1. The molecule has 1 N–H and O–H groups in total. The zero-order valence-corrected chi connectivity index (χ0v) is 13.8. The predicted octanol–water partition coefficient (Wildman–Crippen LogP) is 1.78. The van der Waals surface area contributed by atoms with E-state index in [0.29, 0.717) is 26.1 Å². The Labute approximate surface area is 140 Å². The van der Waals surface area contributed by atoms with Crippen molar-refractivity contribution < 1.29 is 14.3 Å². The molecule has 1 unspecified atom stereocenters. The Morgan fingerprint density at radius 1 is 1.35 bits per heavy atom. The molecule has 0 radical (unpaired) electrons. The Morgan fingerprint density at radius 3 is 2.83 bits per heavy atom. The predicted molar refractivity (Wildman–Crippen MR) is 87.3 cm³/mol. The van der Waals surface area contributed by atoms with Crippen molar-refractivity contribution in [3.8, 4) is 0 Å². The van der Waals surface area contributed by atoms with Crippen LogP contribution in [0.4, 0.5) is 0 Å². The Bertz CT molecular complexity index is 578. The molecule has 124 valence electrons. The molecule has 0 bridgehead atoms. The number of likely N-dealkylation sites (tertiary alicyclic amines) is 1. The molecule has 2 amide bonds. The summed E-state index contributed by atoms with van der Waals surface area (Å²) in [5.74, 6) is 0.0831. The number of hydrogen-bond donors (Lipinski definition) is 1. The number of carbonyl (C=O) groups is 2. The average Bonchev–Trinajstić information content (AvgIpc) is 2.97. The van der Waals surface area contributed by atoms with Crippen LogP contribution in [0.15, 0.2) is 24.3 Å². The Balaban J connectivity index is 1.44. The maximum atomic E-state index is 12.3. The second kappa shape index (κ2) is 6.89. The zero-order valence-electron chi connectivity index (χ0n) is 13.0. The molecule has 1 spiro atoms. The molecule has 3 rings (SSSR count). The van der Waals surface area contributed by atoms with Gasteiger partial charge in [-0.15, -0.1) is 0 Å². The lowest BCUT2D eigenvalue weighted by molar-refractivity contribution is -0.143. The van der Waals surface area contributed by atoms with Gasteiger partial charge in [0.2, 0.25) is 11.8 Å². The third-order valence-corrected chi connectivity index (χ3v) is 4.81. The number of nitrogens with zero attached hydrogens (tertiary/aromatic N) is 1. The lowest BCUT2D eigenvalue weighted by Gasteiger charge is -2.33. The third-order valence-electron chi connectivity index (χ3n) is 4.56. The van der Waals surface area contributed by atoms with Crippen molar-refractivity contribution in [1.29, 1.82) is 0 Å². The van der Waals surface area contributed by atoms with Crippen molar-refractivity contribution >= 4 is 23.4 Å². The van der Waals surface area contributed by atoms with Gasteiger partial charge in [-0.25, -0.2) is 0 Å². The van der Waals surface area contributed by atoms with Gasteiger partial charge in [0, 0.05) is 24.5 Å². The molecule has 2 aliphatic heterocycles. The highest BCUT2D eigenvalue weighted by Gasteiger charge is 2.43. The summed E-state index contributed by atoms with van der Waals surface area (Å²) in [7, 11) is 0. The summed E-state index contributed by atoms with van der Waals surface area (Å²) in [6.07, 6.45) is 3.01. The van der Waals surface area contributed by atoms with Crippen LogP contribution in [0, 0.1) is 0 Å². The molecule has 1 aromatic rings. The number of halogens is 1. The van der Waals surface area contributed by atoms with Crippen molar-refractivity contribution in [1.82, 2.24) is 10.2 Å². The van der Waals surface area contributed by atoms with E-state index in [1.807, 2.05) is 29.2 Å². The summed E-state index contributed by atoms with van der Waals surface area (Å²) in [5.41, 5.74) is 0.818. The number of nitrogens with one attached hydrogen (secondary N) is 1. The first-order chi connectivity index (χ1) is 11.1. The summed E-state index contributed by atoms with van der Waals surface area (Å²) in [6, 6.07) is 7.74. The molecule has 2 aliphatic rings. The molecular formula is C17H21ClN2O3. The van der Waals surface area contributed by atoms with Gasteiger partial charge in [0.05, 0.1) is 6.54 Å². The Hall–Kier alpha value is -1.59. The van der Waals surface area contributed by atoms with Gasteiger partial charge in [-0.1, -0.05) is 23.7 Å². The van der Waals surface area contributed by atoms with Crippen LogP contribution in [0.5, 0.6) is 0 Å². The van der Waals surface area contributed by atoms with Gasteiger partial charge in [0.15, 0.2) is 0 Å². The van der Waals surface area contributed by atoms with E-state index in [9.17, 15) is 9.59 Å². The van der Waals surface area contributed by atoms with Gasteiger partial charge in [-0.3, -0.25) is 9.59 Å². The van der Waals surface area contributed by atoms with Gasteiger partial charge >= 0.3 is 0 Å². The van der Waals surface area contributed by atoms with Crippen LogP contribution in [0.1, 0.15) is 24.8 Å². The van der Waals surface area contributed by atoms with Crippen LogP contribution in [-0.2, 0) is 20.7 Å². The van der Waals surface area contributed by atoms with E-state index >= 15 is 0 Å². The normalized spacial score (nSPS) is 24.0. The summed E-state index contributed by atoms with van der Waals surface area (Å²) in [4.78, 5) is 25.4. The average molecular weight is 337 g/mol. The van der Waals surface area contributed by atoms with Crippen LogP contribution >= 0.6 is 11.6 Å². The first-order valence-electron chi connectivity index (χ1n) is 7.99. The van der Waals surface area contributed by atoms with Crippen molar-refractivity contribution in [2.45, 2.75) is 31.3 Å². The van der Waals surface area contributed by atoms with E-state index in [1.54, 1.807) is 0 Å². The maximum Gasteiger partial charge on any atom is 0.246 e. The van der Waals surface area contributed by atoms with Gasteiger partial charge in [-0.2, -0.15) is 0 Å². The summed E-state index contributed by atoms with van der Waals surface area (Å²) < 4.78 is 5.69. The topological polar surface area (TPSA) is 58.6 Å². The summed E-state index contributed by atoms with van der Waals surface area (Å²) in [5, 5.41) is 3.56. The van der Waals surface area contributed by atoms with Crippen molar-refractivity contribution in [3.05, 3.63) is 34.9 Å². The van der Waals surface area contributed by atoms with Crippen molar-refractivity contribution in [2.24, 2.45) is 0 Å². The first-order valence-corrected chi connectivity index (χ1v) is 8.37. The van der Waals surface area contributed by atoms with E-state index in [2.05, 4.69) is 5.32 Å². The van der Waals surface area contributed by atoms with Gasteiger partial charge in [0.25, 0.3) is 0 Å². The van der Waals surface area contributed by atoms with E-state index in [-0.39, 0.29) is 24.0 Å².